The van der Waals surface area contributed by atoms with Crippen LogP contribution in [0.2, 0.25) is 5.28 Å². The van der Waals surface area contributed by atoms with Crippen molar-refractivity contribution < 1.29 is 4.74 Å². The van der Waals surface area contributed by atoms with Crippen molar-refractivity contribution >= 4 is 28.3 Å². The highest BCUT2D eigenvalue weighted by Gasteiger charge is 2.30. The van der Waals surface area contributed by atoms with Crippen LogP contribution in [0, 0.1) is 0 Å². The van der Waals surface area contributed by atoms with Crippen LogP contribution >= 0.6 is 11.6 Å². The van der Waals surface area contributed by atoms with Gasteiger partial charge in [0.15, 0.2) is 0 Å². The molecule has 5 heteroatoms. The van der Waals surface area contributed by atoms with Gasteiger partial charge >= 0.3 is 0 Å². The smallest absolute Gasteiger partial charge is 0.225 e. The third-order valence-corrected chi connectivity index (χ3v) is 5.22. The normalized spacial score (nSPS) is 19.8. The molecule has 0 saturated heterocycles. The first kappa shape index (κ1) is 16.2. The molecule has 0 aliphatic carbocycles. The van der Waals surface area contributed by atoms with Gasteiger partial charge in [0.25, 0.3) is 0 Å². The van der Waals surface area contributed by atoms with E-state index in [-0.39, 0.29) is 11.3 Å². The fourth-order valence-corrected chi connectivity index (χ4v) is 3.96. The lowest BCUT2D eigenvalue weighted by Crippen LogP contribution is -2.36. The minimum Gasteiger partial charge on any atom is -0.494 e. The molecule has 1 aliphatic heterocycles. The molecule has 0 spiro atoms. The summed E-state index contributed by atoms with van der Waals surface area (Å²) in [6.45, 7) is 5.36. The summed E-state index contributed by atoms with van der Waals surface area (Å²) in [6, 6.07) is 14.7. The van der Waals surface area contributed by atoms with Gasteiger partial charge in [0.05, 0.1) is 13.2 Å². The van der Waals surface area contributed by atoms with Gasteiger partial charge in [-0.2, -0.15) is 4.98 Å². The van der Waals surface area contributed by atoms with E-state index in [4.69, 9.17) is 16.3 Å². The molecular formula is C20H20ClN3O. The van der Waals surface area contributed by atoms with E-state index in [1.54, 1.807) is 7.11 Å². The predicted octanol–water partition coefficient (Wildman–Crippen LogP) is 4.98. The molecule has 1 aliphatic rings. The molecule has 0 N–H and O–H groups in total. The average Bonchev–Trinajstić information content (AvgIpc) is 2.63. The summed E-state index contributed by atoms with van der Waals surface area (Å²) in [6.07, 6.45) is 0. The first-order valence-electron chi connectivity index (χ1n) is 8.46. The molecule has 0 saturated carbocycles. The van der Waals surface area contributed by atoms with Crippen LogP contribution in [-0.2, 0) is 0 Å². The van der Waals surface area contributed by atoms with Crippen LogP contribution in [0.25, 0.3) is 10.9 Å². The maximum atomic E-state index is 6.25. The zero-order valence-corrected chi connectivity index (χ0v) is 15.3. The van der Waals surface area contributed by atoms with Gasteiger partial charge in [0.2, 0.25) is 5.28 Å². The highest BCUT2D eigenvalue weighted by atomic mass is 35.5. The van der Waals surface area contributed by atoms with Gasteiger partial charge in [-0.1, -0.05) is 37.3 Å². The Bertz CT molecular complexity index is 943. The number of ether oxygens (including phenoxy) is 1. The number of hydrogen-bond donors (Lipinski definition) is 0. The molecule has 0 radical (unpaired) electrons. The highest BCUT2D eigenvalue weighted by molar-refractivity contribution is 6.29. The summed E-state index contributed by atoms with van der Waals surface area (Å²) >= 11 is 6.25. The second kappa shape index (κ2) is 6.19. The van der Waals surface area contributed by atoms with Gasteiger partial charge in [-0.05, 0) is 47.7 Å². The number of anilines is 1. The molecule has 25 heavy (non-hydrogen) atoms. The Morgan fingerprint density at radius 2 is 1.80 bits per heavy atom. The largest absolute Gasteiger partial charge is 0.494 e. The summed E-state index contributed by atoms with van der Waals surface area (Å²) in [5.74, 6) is 1.99. The van der Waals surface area contributed by atoms with Crippen molar-refractivity contribution in [2.75, 3.05) is 18.6 Å². The molecule has 1 aromatic heterocycles. The van der Waals surface area contributed by atoms with E-state index in [9.17, 15) is 0 Å². The maximum Gasteiger partial charge on any atom is 0.225 e. The van der Waals surface area contributed by atoms with Crippen LogP contribution in [0.15, 0.2) is 42.5 Å². The Kier molecular flexibility index (Phi) is 4.00. The third kappa shape index (κ3) is 2.61. The van der Waals surface area contributed by atoms with Crippen LogP contribution in [0.5, 0.6) is 5.75 Å². The minimum atomic E-state index is 0.216. The van der Waals surface area contributed by atoms with Gasteiger partial charge in [0, 0.05) is 11.9 Å². The van der Waals surface area contributed by atoms with E-state index in [2.05, 4.69) is 53.0 Å². The third-order valence-electron chi connectivity index (χ3n) is 5.05. The zero-order chi connectivity index (χ0) is 17.6. The maximum absolute atomic E-state index is 6.25. The fraction of sp³-hybridized carbons (Fsp3) is 0.300. The number of halogens is 1. The van der Waals surface area contributed by atoms with Crippen molar-refractivity contribution in [3.05, 3.63) is 58.9 Å². The van der Waals surface area contributed by atoms with Crippen LogP contribution in [0.4, 0.5) is 5.82 Å². The van der Waals surface area contributed by atoms with Gasteiger partial charge in [-0.3, -0.25) is 0 Å². The summed E-state index contributed by atoms with van der Waals surface area (Å²) in [7, 11) is 1.65. The van der Waals surface area contributed by atoms with Crippen molar-refractivity contribution in [2.24, 2.45) is 0 Å². The average molecular weight is 354 g/mol. The first-order chi connectivity index (χ1) is 12.1. The molecule has 0 amide bonds. The number of hydrogen-bond acceptors (Lipinski definition) is 4. The molecule has 0 bridgehead atoms. The molecule has 2 aromatic carbocycles. The molecule has 2 heterocycles. The lowest BCUT2D eigenvalue weighted by Gasteiger charge is -2.39. The molecule has 4 rings (SSSR count). The summed E-state index contributed by atoms with van der Waals surface area (Å²) in [4.78, 5) is 11.3. The van der Waals surface area contributed by atoms with Crippen molar-refractivity contribution in [1.82, 2.24) is 9.97 Å². The van der Waals surface area contributed by atoms with E-state index in [0.717, 1.165) is 23.3 Å². The SMILES string of the molecule is COc1cccc2c(N3CC(C)c4ccccc4C3C)nc(Cl)nc12. The number of nitrogens with zero attached hydrogens (tertiary/aromatic N) is 3. The Balaban J connectivity index is 1.91. The second-order valence-corrected chi connectivity index (χ2v) is 6.87. The van der Waals surface area contributed by atoms with Crippen LogP contribution in [0.3, 0.4) is 0 Å². The van der Waals surface area contributed by atoms with E-state index in [0.29, 0.717) is 11.7 Å². The summed E-state index contributed by atoms with van der Waals surface area (Å²) in [5, 5.41) is 1.20. The van der Waals surface area contributed by atoms with Crippen molar-refractivity contribution in [2.45, 2.75) is 25.8 Å². The lowest BCUT2D eigenvalue weighted by atomic mass is 9.86. The quantitative estimate of drug-likeness (QED) is 0.609. The van der Waals surface area contributed by atoms with Crippen molar-refractivity contribution in [1.29, 1.82) is 0 Å². The van der Waals surface area contributed by atoms with Crippen molar-refractivity contribution in [3.8, 4) is 5.75 Å². The van der Waals surface area contributed by atoms with E-state index in [1.807, 2.05) is 18.2 Å². The number of aromatic nitrogens is 2. The van der Waals surface area contributed by atoms with Gasteiger partial charge < -0.3 is 9.64 Å². The number of para-hydroxylation sites is 1. The Morgan fingerprint density at radius 1 is 1.04 bits per heavy atom. The first-order valence-corrected chi connectivity index (χ1v) is 8.83. The Morgan fingerprint density at radius 3 is 2.56 bits per heavy atom. The van der Waals surface area contributed by atoms with Crippen LogP contribution < -0.4 is 9.64 Å². The fourth-order valence-electron chi connectivity index (χ4n) is 3.80. The number of fused-ring (bicyclic) bond motifs is 2. The second-order valence-electron chi connectivity index (χ2n) is 6.53. The summed E-state index contributed by atoms with van der Waals surface area (Å²) in [5.41, 5.74) is 3.50. The lowest BCUT2D eigenvalue weighted by molar-refractivity contribution is 0.419. The number of methoxy groups -OCH3 is 1. The Labute approximate surface area is 152 Å². The highest BCUT2D eigenvalue weighted by Crippen LogP contribution is 2.41. The van der Waals surface area contributed by atoms with Gasteiger partial charge in [0.1, 0.15) is 17.1 Å². The van der Waals surface area contributed by atoms with Crippen molar-refractivity contribution in [3.63, 3.8) is 0 Å². The topological polar surface area (TPSA) is 38.2 Å². The van der Waals surface area contributed by atoms with E-state index < -0.39 is 0 Å². The molecule has 2 unspecified atom stereocenters. The van der Waals surface area contributed by atoms with E-state index >= 15 is 0 Å². The van der Waals surface area contributed by atoms with Gasteiger partial charge in [-0.15, -0.1) is 0 Å². The van der Waals surface area contributed by atoms with Gasteiger partial charge in [-0.25, -0.2) is 4.98 Å². The summed E-state index contributed by atoms with van der Waals surface area (Å²) < 4.78 is 5.46. The number of rotatable bonds is 2. The van der Waals surface area contributed by atoms with Crippen LogP contribution in [0.1, 0.15) is 36.9 Å². The van der Waals surface area contributed by atoms with E-state index in [1.165, 1.54) is 11.1 Å². The molecule has 3 aromatic rings. The minimum absolute atomic E-state index is 0.216. The molecule has 2 atom stereocenters. The number of benzene rings is 2. The molecule has 128 valence electrons. The zero-order valence-electron chi connectivity index (χ0n) is 14.5. The standard InChI is InChI=1S/C20H20ClN3O/c1-12-11-24(13(2)15-8-5-4-7-14(12)15)19-16-9-6-10-17(25-3)18(16)22-20(21)23-19/h4-10,12-13H,11H2,1-3H3. The Hall–Kier alpha value is -2.33. The molecule has 4 nitrogen and oxygen atoms in total. The predicted molar refractivity (Wildman–Crippen MR) is 102 cm³/mol. The monoisotopic (exact) mass is 353 g/mol. The molecule has 0 fully saturated rings. The van der Waals surface area contributed by atoms with Crippen LogP contribution in [-0.4, -0.2) is 23.6 Å². The molecular weight excluding hydrogens is 334 g/mol.